The highest BCUT2D eigenvalue weighted by molar-refractivity contribution is 5.79. The van der Waals surface area contributed by atoms with Gasteiger partial charge in [0.05, 0.1) is 0 Å². The molecule has 0 radical (unpaired) electrons. The molecule has 2 N–H and O–H groups in total. The second kappa shape index (κ2) is 8.19. The molecule has 3 rings (SSSR count). The van der Waals surface area contributed by atoms with Gasteiger partial charge in [-0.3, -0.25) is 4.79 Å². The van der Waals surface area contributed by atoms with E-state index in [4.69, 9.17) is 4.74 Å². The van der Waals surface area contributed by atoms with Crippen LogP contribution in [-0.4, -0.2) is 42.8 Å². The first-order valence-corrected chi connectivity index (χ1v) is 9.90. The van der Waals surface area contributed by atoms with E-state index in [1.807, 2.05) is 39.0 Å². The second-order valence-electron chi connectivity index (χ2n) is 8.63. The number of carbonyl (C=O) groups is 2. The summed E-state index contributed by atoms with van der Waals surface area (Å²) in [6, 6.07) is 10.5. The number of rotatable bonds is 4. The minimum atomic E-state index is -0.507. The number of ether oxygens (including phenoxy) is 1. The normalized spacial score (nSPS) is 25.3. The van der Waals surface area contributed by atoms with Gasteiger partial charge in [-0.15, -0.1) is 0 Å². The topological polar surface area (TPSA) is 70.7 Å². The Kier molecular flexibility index (Phi) is 5.92. The van der Waals surface area contributed by atoms with Crippen LogP contribution in [0.5, 0.6) is 0 Å². The molecular formula is C21H31N3O3. The van der Waals surface area contributed by atoms with Crippen LogP contribution in [0.1, 0.15) is 46.5 Å². The molecule has 1 aromatic carbocycles. The van der Waals surface area contributed by atoms with E-state index in [2.05, 4.69) is 27.7 Å². The summed E-state index contributed by atoms with van der Waals surface area (Å²) < 4.78 is 5.30. The standard InChI is InChI=1S/C21H31N3O3/c1-21(2,3)27-20(26)23-16-10-9-15(13-16)19(25)22-17-11-12-24(14-17)18-7-5-4-6-8-18/h4-8,15-17H,9-14H2,1-3H3,(H,22,25)(H,23,26)/t15-,16+,17+/m0/s1. The van der Waals surface area contributed by atoms with E-state index in [1.165, 1.54) is 5.69 Å². The number of anilines is 1. The van der Waals surface area contributed by atoms with E-state index >= 15 is 0 Å². The van der Waals surface area contributed by atoms with Crippen molar-refractivity contribution >= 4 is 17.7 Å². The lowest BCUT2D eigenvalue weighted by molar-refractivity contribution is -0.125. The van der Waals surface area contributed by atoms with Gasteiger partial charge in [0.15, 0.2) is 0 Å². The van der Waals surface area contributed by atoms with Crippen molar-refractivity contribution in [3.63, 3.8) is 0 Å². The van der Waals surface area contributed by atoms with Crippen LogP contribution in [0, 0.1) is 5.92 Å². The van der Waals surface area contributed by atoms with Crippen molar-refractivity contribution in [1.29, 1.82) is 0 Å². The maximum atomic E-state index is 12.6. The predicted octanol–water partition coefficient (Wildman–Crippen LogP) is 3.07. The first-order chi connectivity index (χ1) is 12.8. The smallest absolute Gasteiger partial charge is 0.407 e. The quantitative estimate of drug-likeness (QED) is 0.851. The molecule has 6 nitrogen and oxygen atoms in total. The van der Waals surface area contributed by atoms with Crippen LogP contribution >= 0.6 is 0 Å². The minimum absolute atomic E-state index is 0.0139. The molecule has 1 aliphatic carbocycles. The molecule has 0 bridgehead atoms. The number of carbonyl (C=O) groups excluding carboxylic acids is 2. The predicted molar refractivity (Wildman–Crippen MR) is 106 cm³/mol. The van der Waals surface area contributed by atoms with Crippen LogP contribution in [0.25, 0.3) is 0 Å². The summed E-state index contributed by atoms with van der Waals surface area (Å²) in [5.41, 5.74) is 0.698. The zero-order chi connectivity index (χ0) is 19.4. The number of hydrogen-bond acceptors (Lipinski definition) is 4. The van der Waals surface area contributed by atoms with E-state index in [1.54, 1.807) is 0 Å². The fourth-order valence-corrected chi connectivity index (χ4v) is 3.90. The van der Waals surface area contributed by atoms with Crippen molar-refractivity contribution in [2.75, 3.05) is 18.0 Å². The van der Waals surface area contributed by atoms with Gasteiger partial charge in [-0.05, 0) is 58.6 Å². The Hall–Kier alpha value is -2.24. The van der Waals surface area contributed by atoms with Crippen LogP contribution in [0.2, 0.25) is 0 Å². The van der Waals surface area contributed by atoms with E-state index in [0.717, 1.165) is 32.4 Å². The van der Waals surface area contributed by atoms with E-state index in [0.29, 0.717) is 6.42 Å². The zero-order valence-electron chi connectivity index (χ0n) is 16.5. The van der Waals surface area contributed by atoms with Crippen molar-refractivity contribution < 1.29 is 14.3 Å². The number of alkyl carbamates (subject to hydrolysis) is 1. The summed E-state index contributed by atoms with van der Waals surface area (Å²) in [5, 5.41) is 6.10. The number of amides is 2. The van der Waals surface area contributed by atoms with Crippen molar-refractivity contribution in [2.24, 2.45) is 5.92 Å². The molecule has 1 saturated carbocycles. The summed E-state index contributed by atoms with van der Waals surface area (Å²) >= 11 is 0. The average Bonchev–Trinajstić information content (AvgIpc) is 3.23. The van der Waals surface area contributed by atoms with E-state index in [-0.39, 0.29) is 23.9 Å². The Labute approximate surface area is 161 Å². The Morgan fingerprint density at radius 2 is 1.78 bits per heavy atom. The van der Waals surface area contributed by atoms with Crippen molar-refractivity contribution in [1.82, 2.24) is 10.6 Å². The van der Waals surface area contributed by atoms with E-state index in [9.17, 15) is 9.59 Å². The molecular weight excluding hydrogens is 342 g/mol. The van der Waals surface area contributed by atoms with Crippen LogP contribution in [0.15, 0.2) is 30.3 Å². The molecule has 0 aromatic heterocycles. The zero-order valence-corrected chi connectivity index (χ0v) is 16.5. The number of para-hydroxylation sites is 1. The third-order valence-electron chi connectivity index (χ3n) is 5.18. The average molecular weight is 373 g/mol. The lowest BCUT2D eigenvalue weighted by Gasteiger charge is -2.22. The van der Waals surface area contributed by atoms with Gasteiger partial charge >= 0.3 is 6.09 Å². The Morgan fingerprint density at radius 1 is 1.04 bits per heavy atom. The highest BCUT2D eigenvalue weighted by atomic mass is 16.6. The maximum Gasteiger partial charge on any atom is 0.407 e. The summed E-state index contributed by atoms with van der Waals surface area (Å²) in [7, 11) is 0. The summed E-state index contributed by atoms with van der Waals surface area (Å²) in [6.45, 7) is 7.35. The largest absolute Gasteiger partial charge is 0.444 e. The molecule has 3 atom stereocenters. The Morgan fingerprint density at radius 3 is 2.48 bits per heavy atom. The van der Waals surface area contributed by atoms with Gasteiger partial charge in [0.25, 0.3) is 0 Å². The minimum Gasteiger partial charge on any atom is -0.444 e. The van der Waals surface area contributed by atoms with Crippen LogP contribution in [-0.2, 0) is 9.53 Å². The van der Waals surface area contributed by atoms with Gasteiger partial charge in [-0.25, -0.2) is 4.79 Å². The van der Waals surface area contributed by atoms with Gasteiger partial charge < -0.3 is 20.3 Å². The molecule has 6 heteroatoms. The fraction of sp³-hybridized carbons (Fsp3) is 0.619. The summed E-state index contributed by atoms with van der Waals surface area (Å²) in [6.07, 6.45) is 2.87. The van der Waals surface area contributed by atoms with Crippen LogP contribution in [0.4, 0.5) is 10.5 Å². The molecule has 148 valence electrons. The van der Waals surface area contributed by atoms with Crippen molar-refractivity contribution in [3.05, 3.63) is 30.3 Å². The molecule has 1 aliphatic heterocycles. The molecule has 2 aliphatic rings. The van der Waals surface area contributed by atoms with Crippen LogP contribution < -0.4 is 15.5 Å². The third kappa shape index (κ3) is 5.62. The molecule has 0 spiro atoms. The van der Waals surface area contributed by atoms with Gasteiger partial charge in [0, 0.05) is 36.8 Å². The Balaban J connectivity index is 1.42. The van der Waals surface area contributed by atoms with Crippen molar-refractivity contribution in [2.45, 2.75) is 64.1 Å². The first-order valence-electron chi connectivity index (χ1n) is 9.90. The van der Waals surface area contributed by atoms with Gasteiger partial charge in [-0.2, -0.15) is 0 Å². The summed E-state index contributed by atoms with van der Waals surface area (Å²) in [5.74, 6) is 0.0825. The van der Waals surface area contributed by atoms with Gasteiger partial charge in [0.2, 0.25) is 5.91 Å². The molecule has 27 heavy (non-hydrogen) atoms. The number of hydrogen-bond donors (Lipinski definition) is 2. The second-order valence-corrected chi connectivity index (χ2v) is 8.63. The number of nitrogens with zero attached hydrogens (tertiary/aromatic N) is 1. The van der Waals surface area contributed by atoms with E-state index < -0.39 is 11.7 Å². The molecule has 2 amide bonds. The van der Waals surface area contributed by atoms with Gasteiger partial charge in [0.1, 0.15) is 5.60 Å². The third-order valence-corrected chi connectivity index (χ3v) is 5.18. The molecule has 1 heterocycles. The van der Waals surface area contributed by atoms with Crippen LogP contribution in [0.3, 0.4) is 0 Å². The SMILES string of the molecule is CC(C)(C)OC(=O)N[C@@H]1CC[C@H](C(=O)N[C@@H]2CCN(c3ccccc3)C2)C1. The molecule has 1 saturated heterocycles. The molecule has 0 unspecified atom stereocenters. The number of benzene rings is 1. The molecule has 1 aromatic rings. The first kappa shape index (κ1) is 19.5. The highest BCUT2D eigenvalue weighted by Crippen LogP contribution is 2.27. The monoisotopic (exact) mass is 373 g/mol. The fourth-order valence-electron chi connectivity index (χ4n) is 3.90. The summed E-state index contributed by atoms with van der Waals surface area (Å²) in [4.78, 5) is 26.8. The lowest BCUT2D eigenvalue weighted by Crippen LogP contribution is -2.41. The maximum absolute atomic E-state index is 12.6. The molecule has 2 fully saturated rings. The van der Waals surface area contributed by atoms with Gasteiger partial charge in [-0.1, -0.05) is 18.2 Å². The Bertz CT molecular complexity index is 656. The number of nitrogens with one attached hydrogen (secondary N) is 2. The highest BCUT2D eigenvalue weighted by Gasteiger charge is 2.33. The lowest BCUT2D eigenvalue weighted by atomic mass is 10.1. The van der Waals surface area contributed by atoms with Crippen molar-refractivity contribution in [3.8, 4) is 0 Å².